The van der Waals surface area contributed by atoms with Gasteiger partial charge in [-0.2, -0.15) is 0 Å². The zero-order valence-corrected chi connectivity index (χ0v) is 8.91. The summed E-state index contributed by atoms with van der Waals surface area (Å²) in [4.78, 5) is 0. The van der Waals surface area contributed by atoms with Crippen LogP contribution >= 0.6 is 23.2 Å². The van der Waals surface area contributed by atoms with E-state index in [-0.39, 0.29) is 0 Å². The number of hydrogen-bond acceptors (Lipinski definition) is 1. The van der Waals surface area contributed by atoms with E-state index >= 15 is 0 Å². The number of nitrogens with one attached hydrogen (secondary N) is 1. The Morgan fingerprint density at radius 2 is 2.15 bits per heavy atom. The van der Waals surface area contributed by atoms with Crippen molar-refractivity contribution in [3.05, 3.63) is 33.3 Å². The smallest absolute Gasteiger partial charge is 0.0456 e. The minimum atomic E-state index is 0.422. The molecule has 1 aliphatic carbocycles. The van der Waals surface area contributed by atoms with E-state index in [9.17, 15) is 0 Å². The molecule has 1 atom stereocenters. The first-order chi connectivity index (χ1) is 6.22. The van der Waals surface area contributed by atoms with Gasteiger partial charge in [-0.05, 0) is 43.1 Å². The van der Waals surface area contributed by atoms with Crippen molar-refractivity contribution in [3.8, 4) is 0 Å². The number of rotatable bonds is 1. The Bertz CT molecular complexity index is 336. The minimum Gasteiger partial charge on any atom is -0.313 e. The first kappa shape index (κ1) is 9.32. The third kappa shape index (κ3) is 1.56. The van der Waals surface area contributed by atoms with E-state index < -0.39 is 0 Å². The molecule has 3 heteroatoms. The fourth-order valence-corrected chi connectivity index (χ4v) is 2.55. The average molecular weight is 216 g/mol. The van der Waals surface area contributed by atoms with Crippen molar-refractivity contribution in [2.24, 2.45) is 0 Å². The Kier molecular flexibility index (Phi) is 2.50. The fourth-order valence-electron chi connectivity index (χ4n) is 1.94. The summed E-state index contributed by atoms with van der Waals surface area (Å²) in [6.45, 7) is 0. The van der Waals surface area contributed by atoms with Crippen LogP contribution in [0.15, 0.2) is 12.1 Å². The van der Waals surface area contributed by atoms with Gasteiger partial charge in [0.1, 0.15) is 0 Å². The minimum absolute atomic E-state index is 0.422. The molecule has 1 N–H and O–H groups in total. The monoisotopic (exact) mass is 215 g/mol. The molecule has 0 radical (unpaired) electrons. The quantitative estimate of drug-likeness (QED) is 0.760. The molecular formula is C10H11Cl2N. The van der Waals surface area contributed by atoms with Gasteiger partial charge in [0.15, 0.2) is 0 Å². The summed E-state index contributed by atoms with van der Waals surface area (Å²) < 4.78 is 0. The molecule has 1 aromatic carbocycles. The molecule has 1 nitrogen and oxygen atoms in total. The van der Waals surface area contributed by atoms with Crippen LogP contribution < -0.4 is 5.32 Å². The van der Waals surface area contributed by atoms with Gasteiger partial charge in [0.25, 0.3) is 0 Å². The zero-order valence-electron chi connectivity index (χ0n) is 7.40. The van der Waals surface area contributed by atoms with Crippen LogP contribution in [0.25, 0.3) is 0 Å². The standard InChI is InChI=1S/C10H11Cl2N/c1-13-10-3-2-7-8(10)4-6(11)5-9(7)12/h4-5,10,13H,2-3H2,1H3. The molecule has 0 saturated heterocycles. The zero-order chi connectivity index (χ0) is 9.42. The second kappa shape index (κ2) is 3.49. The van der Waals surface area contributed by atoms with Crippen LogP contribution in [0.3, 0.4) is 0 Å². The molecule has 0 saturated carbocycles. The van der Waals surface area contributed by atoms with Gasteiger partial charge in [-0.1, -0.05) is 23.2 Å². The van der Waals surface area contributed by atoms with E-state index in [1.807, 2.05) is 19.2 Å². The molecule has 1 aromatic rings. The summed E-state index contributed by atoms with van der Waals surface area (Å²) in [7, 11) is 1.97. The predicted octanol–water partition coefficient (Wildman–Crippen LogP) is 3.20. The number of benzene rings is 1. The fraction of sp³-hybridized carbons (Fsp3) is 0.400. The lowest BCUT2D eigenvalue weighted by Crippen LogP contribution is -2.12. The van der Waals surface area contributed by atoms with Gasteiger partial charge in [-0.3, -0.25) is 0 Å². The molecule has 2 rings (SSSR count). The van der Waals surface area contributed by atoms with Crippen LogP contribution in [0, 0.1) is 0 Å². The average Bonchev–Trinajstić information content (AvgIpc) is 2.47. The molecule has 0 fully saturated rings. The summed E-state index contributed by atoms with van der Waals surface area (Å²) in [5, 5.41) is 4.79. The summed E-state index contributed by atoms with van der Waals surface area (Å²) in [6, 6.07) is 4.25. The molecule has 0 bridgehead atoms. The first-order valence-electron chi connectivity index (χ1n) is 4.37. The van der Waals surface area contributed by atoms with Gasteiger partial charge >= 0.3 is 0 Å². The van der Waals surface area contributed by atoms with Crippen molar-refractivity contribution >= 4 is 23.2 Å². The second-order valence-electron chi connectivity index (χ2n) is 3.34. The lowest BCUT2D eigenvalue weighted by atomic mass is 10.1. The highest BCUT2D eigenvalue weighted by Crippen LogP contribution is 2.37. The van der Waals surface area contributed by atoms with Gasteiger partial charge in [-0.15, -0.1) is 0 Å². The number of halogens is 2. The maximum atomic E-state index is 6.08. The molecule has 0 amide bonds. The summed E-state index contributed by atoms with van der Waals surface area (Å²) in [6.07, 6.45) is 2.17. The second-order valence-corrected chi connectivity index (χ2v) is 4.18. The molecule has 70 valence electrons. The number of fused-ring (bicyclic) bond motifs is 1. The van der Waals surface area contributed by atoms with E-state index in [1.54, 1.807) is 0 Å². The van der Waals surface area contributed by atoms with E-state index in [0.29, 0.717) is 6.04 Å². The Balaban J connectivity index is 2.51. The summed E-state index contributed by atoms with van der Waals surface area (Å²) in [5.41, 5.74) is 2.52. The highest BCUT2D eigenvalue weighted by molar-refractivity contribution is 6.35. The van der Waals surface area contributed by atoms with Crippen LogP contribution in [-0.2, 0) is 6.42 Å². The van der Waals surface area contributed by atoms with Crippen LogP contribution in [-0.4, -0.2) is 7.05 Å². The largest absolute Gasteiger partial charge is 0.313 e. The van der Waals surface area contributed by atoms with Crippen molar-refractivity contribution in [3.63, 3.8) is 0 Å². The van der Waals surface area contributed by atoms with Crippen molar-refractivity contribution in [1.29, 1.82) is 0 Å². The van der Waals surface area contributed by atoms with Crippen LogP contribution in [0.5, 0.6) is 0 Å². The first-order valence-corrected chi connectivity index (χ1v) is 5.13. The maximum Gasteiger partial charge on any atom is 0.0456 e. The molecule has 0 aromatic heterocycles. The van der Waals surface area contributed by atoms with E-state index in [1.165, 1.54) is 11.1 Å². The van der Waals surface area contributed by atoms with Gasteiger partial charge < -0.3 is 5.32 Å². The van der Waals surface area contributed by atoms with Gasteiger partial charge in [0.2, 0.25) is 0 Å². The Morgan fingerprint density at radius 3 is 2.85 bits per heavy atom. The summed E-state index contributed by atoms with van der Waals surface area (Å²) in [5.74, 6) is 0. The molecule has 0 aliphatic heterocycles. The third-order valence-electron chi connectivity index (χ3n) is 2.60. The predicted molar refractivity (Wildman–Crippen MR) is 56.6 cm³/mol. The third-order valence-corrected chi connectivity index (χ3v) is 3.16. The summed E-state index contributed by atoms with van der Waals surface area (Å²) >= 11 is 12.0. The molecule has 1 unspecified atom stereocenters. The highest BCUT2D eigenvalue weighted by Gasteiger charge is 2.23. The molecule has 0 heterocycles. The number of hydrogen-bond donors (Lipinski definition) is 1. The van der Waals surface area contributed by atoms with Gasteiger partial charge in [0.05, 0.1) is 0 Å². The Morgan fingerprint density at radius 1 is 1.38 bits per heavy atom. The molecule has 13 heavy (non-hydrogen) atoms. The van der Waals surface area contributed by atoms with Crippen molar-refractivity contribution in [1.82, 2.24) is 5.32 Å². The van der Waals surface area contributed by atoms with Crippen LogP contribution in [0.1, 0.15) is 23.6 Å². The van der Waals surface area contributed by atoms with Crippen molar-refractivity contribution in [2.45, 2.75) is 18.9 Å². The highest BCUT2D eigenvalue weighted by atomic mass is 35.5. The van der Waals surface area contributed by atoms with Crippen LogP contribution in [0.2, 0.25) is 10.0 Å². The molecule has 1 aliphatic rings. The van der Waals surface area contributed by atoms with Gasteiger partial charge in [0, 0.05) is 16.1 Å². The van der Waals surface area contributed by atoms with Crippen molar-refractivity contribution < 1.29 is 0 Å². The lowest BCUT2D eigenvalue weighted by Gasteiger charge is -2.10. The molecular weight excluding hydrogens is 205 g/mol. The molecule has 0 spiro atoms. The Hall–Kier alpha value is -0.240. The maximum absolute atomic E-state index is 6.08. The van der Waals surface area contributed by atoms with Crippen LogP contribution in [0.4, 0.5) is 0 Å². The van der Waals surface area contributed by atoms with Crippen molar-refractivity contribution in [2.75, 3.05) is 7.05 Å². The van der Waals surface area contributed by atoms with Gasteiger partial charge in [-0.25, -0.2) is 0 Å². The van der Waals surface area contributed by atoms with E-state index in [4.69, 9.17) is 23.2 Å². The SMILES string of the molecule is CNC1CCc2c(Cl)cc(Cl)cc21. The topological polar surface area (TPSA) is 12.0 Å². The lowest BCUT2D eigenvalue weighted by molar-refractivity contribution is 0.590. The Labute approximate surface area is 88.0 Å². The van der Waals surface area contributed by atoms with E-state index in [2.05, 4.69) is 5.32 Å². The van der Waals surface area contributed by atoms with E-state index in [0.717, 1.165) is 22.9 Å². The normalized spacial score (nSPS) is 20.4.